The van der Waals surface area contributed by atoms with Crippen LogP contribution in [0.15, 0.2) is 30.3 Å². The van der Waals surface area contributed by atoms with E-state index in [1.165, 1.54) is 0 Å². The first-order valence-corrected chi connectivity index (χ1v) is 8.99. The van der Waals surface area contributed by atoms with Crippen molar-refractivity contribution in [1.82, 2.24) is 4.90 Å². The van der Waals surface area contributed by atoms with Crippen LogP contribution in [0.4, 0.5) is 0 Å². The van der Waals surface area contributed by atoms with Crippen molar-refractivity contribution in [2.45, 2.75) is 31.8 Å². The minimum absolute atomic E-state index is 0.0804. The van der Waals surface area contributed by atoms with E-state index >= 15 is 0 Å². The van der Waals surface area contributed by atoms with Crippen LogP contribution in [0.2, 0.25) is 0 Å². The van der Waals surface area contributed by atoms with Crippen LogP contribution >= 0.6 is 0 Å². The number of nitrogens with zero attached hydrogens (tertiary/aromatic N) is 1. The molecular weight excluding hydrogens is 306 g/mol. The van der Waals surface area contributed by atoms with Gasteiger partial charge in [-0.1, -0.05) is 18.2 Å². The fourth-order valence-electron chi connectivity index (χ4n) is 3.32. The van der Waals surface area contributed by atoms with Crippen LogP contribution in [-0.2, 0) is 14.3 Å². The maximum absolute atomic E-state index is 12.9. The molecule has 2 aliphatic rings. The Hall–Kier alpha value is -1.59. The zero-order chi connectivity index (χ0) is 16.6. The fourth-order valence-corrected chi connectivity index (χ4v) is 3.32. The van der Waals surface area contributed by atoms with Crippen molar-refractivity contribution in [2.24, 2.45) is 5.92 Å². The van der Waals surface area contributed by atoms with Crippen LogP contribution in [0.3, 0.4) is 0 Å². The van der Waals surface area contributed by atoms with Crippen LogP contribution in [0, 0.1) is 5.92 Å². The van der Waals surface area contributed by atoms with Gasteiger partial charge in [-0.25, -0.2) is 0 Å². The second kappa shape index (κ2) is 9.04. The Labute approximate surface area is 143 Å². The summed E-state index contributed by atoms with van der Waals surface area (Å²) >= 11 is 0. The highest BCUT2D eigenvalue weighted by Gasteiger charge is 2.29. The summed E-state index contributed by atoms with van der Waals surface area (Å²) < 4.78 is 16.9. The van der Waals surface area contributed by atoms with E-state index in [1.54, 1.807) is 0 Å². The Balaban J connectivity index is 1.54. The molecular formula is C19H27NO4. The summed E-state index contributed by atoms with van der Waals surface area (Å²) in [5.41, 5.74) is 0. The number of para-hydroxylation sites is 1. The largest absolute Gasteiger partial charge is 0.492 e. The number of carbonyl (C=O) groups is 1. The Morgan fingerprint density at radius 3 is 2.62 bits per heavy atom. The van der Waals surface area contributed by atoms with E-state index in [0.29, 0.717) is 32.9 Å². The monoisotopic (exact) mass is 333 g/mol. The molecule has 3 rings (SSSR count). The molecule has 2 heterocycles. The number of hydrogen-bond acceptors (Lipinski definition) is 4. The van der Waals surface area contributed by atoms with Gasteiger partial charge in [0, 0.05) is 32.3 Å². The van der Waals surface area contributed by atoms with E-state index in [4.69, 9.17) is 14.2 Å². The molecule has 24 heavy (non-hydrogen) atoms. The van der Waals surface area contributed by atoms with Crippen LogP contribution in [0.5, 0.6) is 5.75 Å². The Kier molecular flexibility index (Phi) is 6.49. The molecule has 0 radical (unpaired) electrons. The molecule has 0 spiro atoms. The van der Waals surface area contributed by atoms with Gasteiger partial charge in [-0.2, -0.15) is 0 Å². The average molecular weight is 333 g/mol. The first kappa shape index (κ1) is 17.2. The smallest absolute Gasteiger partial charge is 0.226 e. The molecule has 0 N–H and O–H groups in total. The molecule has 0 bridgehead atoms. The Morgan fingerprint density at radius 2 is 1.92 bits per heavy atom. The number of amides is 1. The maximum Gasteiger partial charge on any atom is 0.226 e. The fraction of sp³-hybridized carbons (Fsp3) is 0.632. The van der Waals surface area contributed by atoms with E-state index in [9.17, 15) is 4.79 Å². The molecule has 2 aliphatic heterocycles. The summed E-state index contributed by atoms with van der Waals surface area (Å²) in [7, 11) is 0. The minimum Gasteiger partial charge on any atom is -0.492 e. The highest BCUT2D eigenvalue weighted by atomic mass is 16.5. The van der Waals surface area contributed by atoms with Gasteiger partial charge < -0.3 is 19.1 Å². The van der Waals surface area contributed by atoms with Crippen LogP contribution < -0.4 is 4.74 Å². The van der Waals surface area contributed by atoms with Crippen molar-refractivity contribution in [1.29, 1.82) is 0 Å². The third-order valence-corrected chi connectivity index (χ3v) is 4.70. The summed E-state index contributed by atoms with van der Waals surface area (Å²) in [6.45, 7) is 3.96. The van der Waals surface area contributed by atoms with Crippen molar-refractivity contribution >= 4 is 5.91 Å². The van der Waals surface area contributed by atoms with E-state index in [0.717, 1.165) is 38.0 Å². The SMILES string of the molecule is O=C(C1CCOCC1)N(CCOc1ccccc1)CC1CCCO1. The molecule has 5 heteroatoms. The van der Waals surface area contributed by atoms with Crippen molar-refractivity contribution in [3.63, 3.8) is 0 Å². The lowest BCUT2D eigenvalue weighted by molar-refractivity contribution is -0.140. The second-order valence-electron chi connectivity index (χ2n) is 6.47. The van der Waals surface area contributed by atoms with Gasteiger partial charge in [0.25, 0.3) is 0 Å². The molecule has 0 saturated carbocycles. The summed E-state index contributed by atoms with van der Waals surface area (Å²) in [5.74, 6) is 1.15. The summed E-state index contributed by atoms with van der Waals surface area (Å²) in [6.07, 6.45) is 3.94. The number of ether oxygens (including phenoxy) is 3. The van der Waals surface area contributed by atoms with Crippen molar-refractivity contribution in [3.8, 4) is 5.75 Å². The zero-order valence-electron chi connectivity index (χ0n) is 14.2. The van der Waals surface area contributed by atoms with Gasteiger partial charge in [-0.15, -0.1) is 0 Å². The first-order chi connectivity index (χ1) is 11.8. The minimum atomic E-state index is 0.0804. The summed E-state index contributed by atoms with van der Waals surface area (Å²) in [5, 5.41) is 0. The van der Waals surface area contributed by atoms with Gasteiger partial charge in [-0.05, 0) is 37.8 Å². The van der Waals surface area contributed by atoms with Crippen molar-refractivity contribution in [2.75, 3.05) is 39.5 Å². The van der Waals surface area contributed by atoms with Crippen LogP contribution in [0.1, 0.15) is 25.7 Å². The predicted molar refractivity (Wildman–Crippen MR) is 91.0 cm³/mol. The lowest BCUT2D eigenvalue weighted by Crippen LogP contribution is -2.44. The highest BCUT2D eigenvalue weighted by molar-refractivity contribution is 5.79. The molecule has 132 valence electrons. The van der Waals surface area contributed by atoms with Gasteiger partial charge in [0.2, 0.25) is 5.91 Å². The molecule has 0 aliphatic carbocycles. The first-order valence-electron chi connectivity index (χ1n) is 8.99. The summed E-state index contributed by atoms with van der Waals surface area (Å²) in [4.78, 5) is 14.8. The standard InChI is InChI=1S/C19H27NO4/c21-19(16-8-12-22-13-9-16)20(15-18-7-4-11-23-18)10-14-24-17-5-2-1-3-6-17/h1-3,5-6,16,18H,4,7-15H2. The van der Waals surface area contributed by atoms with E-state index in [-0.39, 0.29) is 17.9 Å². The molecule has 5 nitrogen and oxygen atoms in total. The third-order valence-electron chi connectivity index (χ3n) is 4.70. The van der Waals surface area contributed by atoms with Crippen LogP contribution in [0.25, 0.3) is 0 Å². The lowest BCUT2D eigenvalue weighted by atomic mass is 9.98. The van der Waals surface area contributed by atoms with Gasteiger partial charge in [0.1, 0.15) is 12.4 Å². The molecule has 1 aromatic carbocycles. The van der Waals surface area contributed by atoms with Gasteiger partial charge >= 0.3 is 0 Å². The number of carbonyl (C=O) groups excluding carboxylic acids is 1. The van der Waals surface area contributed by atoms with Crippen molar-refractivity contribution in [3.05, 3.63) is 30.3 Å². The third kappa shape index (κ3) is 4.95. The molecule has 0 aromatic heterocycles. The van der Waals surface area contributed by atoms with Gasteiger partial charge in [0.05, 0.1) is 12.6 Å². The highest BCUT2D eigenvalue weighted by Crippen LogP contribution is 2.20. The van der Waals surface area contributed by atoms with Crippen molar-refractivity contribution < 1.29 is 19.0 Å². The lowest BCUT2D eigenvalue weighted by Gasteiger charge is -2.31. The number of rotatable bonds is 7. The average Bonchev–Trinajstić information content (AvgIpc) is 3.15. The Bertz CT molecular complexity index is 495. The second-order valence-corrected chi connectivity index (χ2v) is 6.47. The molecule has 1 atom stereocenters. The normalized spacial score (nSPS) is 21.6. The summed E-state index contributed by atoms with van der Waals surface area (Å²) in [6, 6.07) is 9.74. The molecule has 2 fully saturated rings. The van der Waals surface area contributed by atoms with E-state index < -0.39 is 0 Å². The van der Waals surface area contributed by atoms with Crippen LogP contribution in [-0.4, -0.2) is 56.4 Å². The van der Waals surface area contributed by atoms with E-state index in [1.807, 2.05) is 35.2 Å². The Morgan fingerprint density at radius 1 is 1.12 bits per heavy atom. The molecule has 2 saturated heterocycles. The predicted octanol–water partition coefficient (Wildman–Crippen LogP) is 2.50. The van der Waals surface area contributed by atoms with E-state index in [2.05, 4.69) is 0 Å². The van der Waals surface area contributed by atoms with Gasteiger partial charge in [0.15, 0.2) is 0 Å². The quantitative estimate of drug-likeness (QED) is 0.769. The molecule has 1 aromatic rings. The zero-order valence-corrected chi connectivity index (χ0v) is 14.2. The maximum atomic E-state index is 12.9. The molecule has 1 unspecified atom stereocenters. The molecule has 1 amide bonds. The number of hydrogen-bond donors (Lipinski definition) is 0. The topological polar surface area (TPSA) is 48.0 Å². The van der Waals surface area contributed by atoms with Gasteiger partial charge in [-0.3, -0.25) is 4.79 Å². The number of benzene rings is 1.